The number of rotatable bonds is 9. The summed E-state index contributed by atoms with van der Waals surface area (Å²) in [6, 6.07) is 22.5. The van der Waals surface area contributed by atoms with E-state index in [4.69, 9.17) is 4.74 Å². The summed E-state index contributed by atoms with van der Waals surface area (Å²) in [5.74, 6) is -0.416. The molecule has 0 bridgehead atoms. The number of aromatic nitrogens is 4. The molecule has 210 valence electrons. The van der Waals surface area contributed by atoms with Crippen LogP contribution in [0.2, 0.25) is 0 Å². The summed E-state index contributed by atoms with van der Waals surface area (Å²) in [5, 5.41) is 16.7. The van der Waals surface area contributed by atoms with Gasteiger partial charge >= 0.3 is 5.97 Å². The third-order valence-corrected chi connectivity index (χ3v) is 8.60. The number of aliphatic imine (C=N–C) groups is 1. The normalized spacial score (nSPS) is 15.9. The number of amides is 1. The van der Waals surface area contributed by atoms with Gasteiger partial charge in [-0.3, -0.25) is 4.79 Å². The third-order valence-electron chi connectivity index (χ3n) is 6.66. The van der Waals surface area contributed by atoms with E-state index in [1.165, 1.54) is 0 Å². The zero-order chi connectivity index (χ0) is 28.8. The second kappa shape index (κ2) is 12.8. The van der Waals surface area contributed by atoms with Crippen LogP contribution in [0, 0.1) is 0 Å². The first-order valence-corrected chi connectivity index (χ1v) is 15.1. The van der Waals surface area contributed by atoms with Crippen LogP contribution in [0.4, 0.5) is 5.69 Å². The summed E-state index contributed by atoms with van der Waals surface area (Å²) in [7, 11) is -0.444. The monoisotopic (exact) mass is 569 g/mol. The molecule has 41 heavy (non-hydrogen) atoms. The Balaban J connectivity index is 1.45. The van der Waals surface area contributed by atoms with Crippen molar-refractivity contribution in [1.29, 1.82) is 0 Å². The van der Waals surface area contributed by atoms with E-state index < -0.39 is 22.4 Å². The fourth-order valence-corrected chi connectivity index (χ4v) is 5.99. The maximum atomic E-state index is 13.5. The molecule has 0 saturated carbocycles. The number of carbonyl (C=O) groups is 2. The quantitative estimate of drug-likeness (QED) is 0.155. The number of aromatic amines is 1. The predicted octanol–water partition coefficient (Wildman–Crippen LogP) is 5.45. The van der Waals surface area contributed by atoms with Crippen molar-refractivity contribution < 1.29 is 14.3 Å². The Kier molecular flexibility index (Phi) is 8.76. The van der Waals surface area contributed by atoms with Crippen molar-refractivity contribution in [2.75, 3.05) is 17.9 Å². The van der Waals surface area contributed by atoms with Crippen molar-refractivity contribution in [3.63, 3.8) is 0 Å². The zero-order valence-electron chi connectivity index (χ0n) is 23.1. The first-order chi connectivity index (χ1) is 20.0. The van der Waals surface area contributed by atoms with E-state index in [2.05, 4.69) is 38.0 Å². The molecular formula is C30H31N7O3S. The van der Waals surface area contributed by atoms with E-state index in [1.54, 1.807) is 24.3 Å². The van der Waals surface area contributed by atoms with E-state index in [0.717, 1.165) is 46.6 Å². The van der Waals surface area contributed by atoms with Crippen LogP contribution in [-0.4, -0.2) is 55.5 Å². The minimum atomic E-state index is -0.516. The molecule has 1 aliphatic heterocycles. The molecular weight excluding hydrogens is 538 g/mol. The molecule has 0 saturated heterocycles. The Hall–Kier alpha value is -4.48. The number of unbranched alkanes of at least 4 members (excludes halogenated alkanes) is 1. The van der Waals surface area contributed by atoms with Gasteiger partial charge in [-0.2, -0.15) is 10.4 Å². The van der Waals surface area contributed by atoms with Gasteiger partial charge in [0.05, 0.1) is 23.4 Å². The SMILES string of the molecule is CCCCOC(=O)c1ccccc1C(=O)N=C1N(c2ccc(-c3ccccc3-c3nnn[nH]3)cc2)NC(CC)=S1C. The van der Waals surface area contributed by atoms with Crippen molar-refractivity contribution in [2.24, 2.45) is 4.99 Å². The lowest BCUT2D eigenvalue weighted by Crippen LogP contribution is -2.39. The van der Waals surface area contributed by atoms with Crippen LogP contribution in [0.15, 0.2) is 77.8 Å². The first kappa shape index (κ1) is 28.1. The highest BCUT2D eigenvalue weighted by Gasteiger charge is 2.27. The number of hydrazine groups is 1. The number of nitrogens with zero attached hydrogens (tertiary/aromatic N) is 5. The summed E-state index contributed by atoms with van der Waals surface area (Å²) in [6.07, 6.45) is 4.49. The molecule has 1 amide bonds. The first-order valence-electron chi connectivity index (χ1n) is 13.4. The molecule has 1 atom stereocenters. The predicted molar refractivity (Wildman–Crippen MR) is 163 cm³/mol. The lowest BCUT2D eigenvalue weighted by molar-refractivity contribution is 0.0496. The number of nitrogens with one attached hydrogen (secondary N) is 2. The van der Waals surface area contributed by atoms with Crippen LogP contribution in [0.3, 0.4) is 0 Å². The number of hydrogen-bond donors (Lipinski definition) is 2. The van der Waals surface area contributed by atoms with Crippen LogP contribution < -0.4 is 10.4 Å². The molecule has 2 N–H and O–H groups in total. The molecule has 0 aliphatic carbocycles. The number of hydrogen-bond acceptors (Lipinski definition) is 7. The van der Waals surface area contributed by atoms with Gasteiger partial charge < -0.3 is 4.74 Å². The number of amidine groups is 1. The second-order valence-electron chi connectivity index (χ2n) is 9.31. The molecule has 2 heterocycles. The average molecular weight is 570 g/mol. The van der Waals surface area contributed by atoms with Crippen LogP contribution in [0.25, 0.3) is 22.5 Å². The lowest BCUT2D eigenvalue weighted by Gasteiger charge is -2.20. The molecule has 1 aliphatic rings. The lowest BCUT2D eigenvalue weighted by atomic mass is 9.99. The highest BCUT2D eigenvalue weighted by Crippen LogP contribution is 2.33. The number of ether oxygens (including phenoxy) is 1. The minimum absolute atomic E-state index is 0.219. The Morgan fingerprint density at radius 2 is 1.66 bits per heavy atom. The smallest absolute Gasteiger partial charge is 0.338 e. The van der Waals surface area contributed by atoms with Gasteiger partial charge in [0, 0.05) is 10.6 Å². The van der Waals surface area contributed by atoms with Crippen molar-refractivity contribution in [2.45, 2.75) is 33.1 Å². The van der Waals surface area contributed by atoms with E-state index in [1.807, 2.05) is 66.7 Å². The van der Waals surface area contributed by atoms with E-state index in [0.29, 0.717) is 17.6 Å². The van der Waals surface area contributed by atoms with Crippen LogP contribution in [0.5, 0.6) is 0 Å². The zero-order valence-corrected chi connectivity index (χ0v) is 23.9. The maximum absolute atomic E-state index is 13.5. The fourth-order valence-electron chi connectivity index (χ4n) is 4.46. The highest BCUT2D eigenvalue weighted by molar-refractivity contribution is 8.28. The minimum Gasteiger partial charge on any atom is -0.462 e. The highest BCUT2D eigenvalue weighted by atomic mass is 32.2. The number of benzene rings is 3. The fraction of sp³-hybridized carbons (Fsp3) is 0.233. The van der Waals surface area contributed by atoms with E-state index in [9.17, 15) is 9.59 Å². The van der Waals surface area contributed by atoms with Crippen molar-refractivity contribution in [3.05, 3.63) is 83.9 Å². The largest absolute Gasteiger partial charge is 0.462 e. The van der Waals surface area contributed by atoms with E-state index >= 15 is 0 Å². The van der Waals surface area contributed by atoms with Crippen molar-refractivity contribution in [3.8, 4) is 22.5 Å². The molecule has 11 heteroatoms. The molecule has 0 radical (unpaired) electrons. The molecule has 0 fully saturated rings. The molecule has 10 nitrogen and oxygen atoms in total. The van der Waals surface area contributed by atoms with Crippen LogP contribution >= 0.6 is 10.5 Å². The van der Waals surface area contributed by atoms with Gasteiger partial charge in [0.15, 0.2) is 11.0 Å². The Bertz CT molecular complexity index is 1620. The third kappa shape index (κ3) is 6.01. The van der Waals surface area contributed by atoms with Gasteiger partial charge in [-0.25, -0.2) is 14.9 Å². The van der Waals surface area contributed by atoms with Gasteiger partial charge in [-0.05, 0) is 64.9 Å². The van der Waals surface area contributed by atoms with Gasteiger partial charge in [-0.1, -0.05) is 68.8 Å². The topological polar surface area (TPSA) is 125 Å². The Morgan fingerprint density at radius 3 is 2.34 bits per heavy atom. The summed E-state index contributed by atoms with van der Waals surface area (Å²) in [5.41, 5.74) is 7.56. The average Bonchev–Trinajstić information content (AvgIpc) is 3.66. The summed E-state index contributed by atoms with van der Waals surface area (Å²) >= 11 is 0. The van der Waals surface area contributed by atoms with Gasteiger partial charge in [0.25, 0.3) is 5.91 Å². The molecule has 0 spiro atoms. The van der Waals surface area contributed by atoms with Crippen LogP contribution in [0.1, 0.15) is 53.8 Å². The standard InChI is InChI=1S/C30H31N7O3S/c1-4-6-19-40-29(39)25-14-10-9-13-24(25)28(38)31-30-37(34-26(5-2)41(30)3)21-17-15-20(16-18-21)22-11-7-8-12-23(22)27-32-35-36-33-27/h7-18,34H,4-6,19H2,1-3H3,(H,32,33,35,36). The van der Waals surface area contributed by atoms with E-state index in [-0.39, 0.29) is 11.1 Å². The Morgan fingerprint density at radius 1 is 0.951 bits per heavy atom. The number of H-pyrrole nitrogens is 1. The maximum Gasteiger partial charge on any atom is 0.338 e. The summed E-state index contributed by atoms with van der Waals surface area (Å²) in [4.78, 5) is 31.8. The van der Waals surface area contributed by atoms with Gasteiger partial charge in [-0.15, -0.1) is 15.6 Å². The number of carbonyl (C=O) groups excluding carboxylic acids is 2. The second-order valence-corrected chi connectivity index (χ2v) is 11.2. The number of tetrazole rings is 1. The Labute approximate surface area is 240 Å². The summed E-state index contributed by atoms with van der Waals surface area (Å²) in [6.45, 7) is 4.40. The number of esters is 1. The van der Waals surface area contributed by atoms with Gasteiger partial charge in [0.2, 0.25) is 0 Å². The van der Waals surface area contributed by atoms with Crippen LogP contribution in [-0.2, 0) is 4.74 Å². The molecule has 4 aromatic rings. The molecule has 1 unspecified atom stereocenters. The molecule has 1 aromatic heterocycles. The molecule has 5 rings (SSSR count). The van der Waals surface area contributed by atoms with Gasteiger partial charge in [0.1, 0.15) is 0 Å². The number of anilines is 1. The summed E-state index contributed by atoms with van der Waals surface area (Å²) < 4.78 is 5.38. The van der Waals surface area contributed by atoms with Crippen molar-refractivity contribution >= 4 is 38.2 Å². The molecule has 3 aromatic carbocycles. The van der Waals surface area contributed by atoms with Crippen molar-refractivity contribution in [1.82, 2.24) is 26.0 Å².